The smallest absolute Gasteiger partial charge is 0.260 e. The summed E-state index contributed by atoms with van der Waals surface area (Å²) in [6.45, 7) is 0.951. The van der Waals surface area contributed by atoms with Gasteiger partial charge in [-0.3, -0.25) is 14.4 Å². The molecule has 1 aliphatic heterocycles. The second-order valence-electron chi connectivity index (χ2n) is 5.97. The number of hydrogen-bond donors (Lipinski definition) is 3. The summed E-state index contributed by atoms with van der Waals surface area (Å²) in [6, 6.07) is 9.43. The first kappa shape index (κ1) is 16.8. The summed E-state index contributed by atoms with van der Waals surface area (Å²) in [5, 5.41) is 12.6. The Balaban J connectivity index is 1.58. The summed E-state index contributed by atoms with van der Waals surface area (Å²) >= 11 is 0. The number of carbonyl (C=O) groups is 2. The van der Waals surface area contributed by atoms with Crippen molar-refractivity contribution >= 4 is 11.8 Å². The Bertz CT molecular complexity index is 838. The molecule has 3 N–H and O–H groups in total. The van der Waals surface area contributed by atoms with E-state index >= 15 is 0 Å². The van der Waals surface area contributed by atoms with Gasteiger partial charge in [0.1, 0.15) is 11.3 Å². The molecule has 0 aliphatic carbocycles. The maximum absolute atomic E-state index is 12.4. The standard InChI is InChI=1S/C18H19N3O4/c22-15-6-2-1-4-13(15)18(25)21-10-7-12(8-11-21)20-17(24)14-5-3-9-19-16(14)23/h1-6,9,12,22H,7-8,10-11H2,(H,19,23)(H,20,24). The fourth-order valence-corrected chi connectivity index (χ4v) is 2.92. The van der Waals surface area contributed by atoms with Crippen LogP contribution in [0.25, 0.3) is 0 Å². The first-order valence-electron chi connectivity index (χ1n) is 8.12. The molecule has 1 aromatic heterocycles. The number of nitrogens with zero attached hydrogens (tertiary/aromatic N) is 1. The number of benzene rings is 1. The van der Waals surface area contributed by atoms with Crippen molar-refractivity contribution in [3.05, 3.63) is 64.1 Å². The zero-order valence-electron chi connectivity index (χ0n) is 13.6. The maximum atomic E-state index is 12.4. The molecule has 0 spiro atoms. The van der Waals surface area contributed by atoms with E-state index in [4.69, 9.17) is 0 Å². The second-order valence-corrected chi connectivity index (χ2v) is 5.97. The highest BCUT2D eigenvalue weighted by Crippen LogP contribution is 2.20. The number of aromatic nitrogens is 1. The normalized spacial score (nSPS) is 15.0. The molecule has 0 bridgehead atoms. The van der Waals surface area contributed by atoms with Crippen molar-refractivity contribution < 1.29 is 14.7 Å². The van der Waals surface area contributed by atoms with E-state index in [0.717, 1.165) is 0 Å². The lowest BCUT2D eigenvalue weighted by Gasteiger charge is -2.32. The minimum absolute atomic E-state index is 0.0359. The number of aromatic amines is 1. The van der Waals surface area contributed by atoms with Gasteiger partial charge in [0.15, 0.2) is 0 Å². The monoisotopic (exact) mass is 341 g/mol. The average Bonchev–Trinajstić information content (AvgIpc) is 2.62. The number of phenolic OH excluding ortho intramolecular Hbond substituents is 1. The van der Waals surface area contributed by atoms with Crippen LogP contribution in [0.3, 0.4) is 0 Å². The van der Waals surface area contributed by atoms with Gasteiger partial charge in [0.25, 0.3) is 17.4 Å². The van der Waals surface area contributed by atoms with Crippen LogP contribution in [0.4, 0.5) is 0 Å². The van der Waals surface area contributed by atoms with E-state index in [2.05, 4.69) is 10.3 Å². The highest BCUT2D eigenvalue weighted by Gasteiger charge is 2.26. The fourth-order valence-electron chi connectivity index (χ4n) is 2.92. The maximum Gasteiger partial charge on any atom is 0.260 e. The van der Waals surface area contributed by atoms with E-state index in [-0.39, 0.29) is 28.8 Å². The summed E-state index contributed by atoms with van der Waals surface area (Å²) in [4.78, 5) is 40.4. The molecule has 2 amide bonds. The van der Waals surface area contributed by atoms with Crippen molar-refractivity contribution in [2.75, 3.05) is 13.1 Å². The van der Waals surface area contributed by atoms with Gasteiger partial charge in [0.05, 0.1) is 5.56 Å². The number of rotatable bonds is 3. The number of phenols is 1. The Morgan fingerprint density at radius 3 is 2.44 bits per heavy atom. The van der Waals surface area contributed by atoms with Crippen LogP contribution in [0.1, 0.15) is 33.6 Å². The van der Waals surface area contributed by atoms with Gasteiger partial charge in [-0.2, -0.15) is 0 Å². The summed E-state index contributed by atoms with van der Waals surface area (Å²) in [7, 11) is 0. The van der Waals surface area contributed by atoms with Crippen LogP contribution in [0.15, 0.2) is 47.4 Å². The Morgan fingerprint density at radius 2 is 1.76 bits per heavy atom. The van der Waals surface area contributed by atoms with E-state index < -0.39 is 11.5 Å². The zero-order chi connectivity index (χ0) is 17.8. The first-order valence-corrected chi connectivity index (χ1v) is 8.12. The highest BCUT2D eigenvalue weighted by atomic mass is 16.3. The number of hydrogen-bond acceptors (Lipinski definition) is 4. The van der Waals surface area contributed by atoms with E-state index in [0.29, 0.717) is 25.9 Å². The van der Waals surface area contributed by atoms with Gasteiger partial charge in [-0.15, -0.1) is 0 Å². The quantitative estimate of drug-likeness (QED) is 0.778. The van der Waals surface area contributed by atoms with Crippen molar-refractivity contribution in [2.24, 2.45) is 0 Å². The highest BCUT2D eigenvalue weighted by molar-refractivity contribution is 5.97. The lowest BCUT2D eigenvalue weighted by atomic mass is 10.0. The van der Waals surface area contributed by atoms with Crippen LogP contribution in [0.2, 0.25) is 0 Å². The van der Waals surface area contributed by atoms with E-state index in [1.165, 1.54) is 18.3 Å². The minimum Gasteiger partial charge on any atom is -0.507 e. The number of nitrogens with one attached hydrogen (secondary N) is 2. The molecule has 2 heterocycles. The number of piperidine rings is 1. The Morgan fingerprint density at radius 1 is 1.08 bits per heavy atom. The molecule has 7 nitrogen and oxygen atoms in total. The number of aromatic hydroxyl groups is 1. The molecule has 1 aliphatic rings. The molecule has 7 heteroatoms. The number of H-pyrrole nitrogens is 1. The van der Waals surface area contributed by atoms with Crippen LogP contribution in [0, 0.1) is 0 Å². The van der Waals surface area contributed by atoms with Gasteiger partial charge in [-0.05, 0) is 37.1 Å². The van der Waals surface area contributed by atoms with E-state index in [1.54, 1.807) is 29.2 Å². The Kier molecular flexibility index (Phi) is 4.83. The molecule has 1 fully saturated rings. The van der Waals surface area contributed by atoms with E-state index in [9.17, 15) is 19.5 Å². The number of pyridine rings is 1. The zero-order valence-corrected chi connectivity index (χ0v) is 13.6. The molecule has 130 valence electrons. The molecule has 1 saturated heterocycles. The Hall–Kier alpha value is -3.09. The van der Waals surface area contributed by atoms with Gasteiger partial charge < -0.3 is 20.3 Å². The van der Waals surface area contributed by atoms with Gasteiger partial charge in [-0.25, -0.2) is 0 Å². The largest absolute Gasteiger partial charge is 0.507 e. The van der Waals surface area contributed by atoms with Gasteiger partial charge in [0, 0.05) is 25.3 Å². The lowest BCUT2D eigenvalue weighted by Crippen LogP contribution is -2.47. The molecule has 0 radical (unpaired) electrons. The third kappa shape index (κ3) is 3.71. The second kappa shape index (κ2) is 7.21. The number of para-hydroxylation sites is 1. The third-order valence-electron chi connectivity index (χ3n) is 4.31. The topological polar surface area (TPSA) is 102 Å². The molecular weight excluding hydrogens is 322 g/mol. The van der Waals surface area contributed by atoms with Crippen LogP contribution in [-0.4, -0.2) is 45.9 Å². The van der Waals surface area contributed by atoms with Crippen LogP contribution < -0.4 is 10.9 Å². The van der Waals surface area contributed by atoms with Crippen molar-refractivity contribution in [3.63, 3.8) is 0 Å². The molecule has 2 aromatic rings. The van der Waals surface area contributed by atoms with Crippen molar-refractivity contribution in [3.8, 4) is 5.75 Å². The summed E-state index contributed by atoms with van der Waals surface area (Å²) < 4.78 is 0. The van der Waals surface area contributed by atoms with Crippen molar-refractivity contribution in [1.82, 2.24) is 15.2 Å². The molecular formula is C18H19N3O4. The molecule has 3 rings (SSSR count). The minimum atomic E-state index is -0.424. The van der Waals surface area contributed by atoms with Crippen LogP contribution in [0.5, 0.6) is 5.75 Å². The Labute approximate surface area is 144 Å². The van der Waals surface area contributed by atoms with Crippen LogP contribution in [-0.2, 0) is 0 Å². The molecule has 25 heavy (non-hydrogen) atoms. The van der Waals surface area contributed by atoms with Gasteiger partial charge >= 0.3 is 0 Å². The number of amides is 2. The molecule has 0 atom stereocenters. The SMILES string of the molecule is O=C(NC1CCN(C(=O)c2ccccc2O)CC1)c1ccc[nH]c1=O. The molecule has 0 saturated carbocycles. The van der Waals surface area contributed by atoms with E-state index in [1.807, 2.05) is 0 Å². The number of carbonyl (C=O) groups excluding carboxylic acids is 2. The summed E-state index contributed by atoms with van der Waals surface area (Å²) in [6.07, 6.45) is 2.66. The third-order valence-corrected chi connectivity index (χ3v) is 4.31. The molecule has 1 aromatic carbocycles. The predicted molar refractivity (Wildman–Crippen MR) is 91.6 cm³/mol. The van der Waals surface area contributed by atoms with Gasteiger partial charge in [0.2, 0.25) is 0 Å². The fraction of sp³-hybridized carbons (Fsp3) is 0.278. The van der Waals surface area contributed by atoms with Gasteiger partial charge in [-0.1, -0.05) is 12.1 Å². The molecule has 0 unspecified atom stereocenters. The van der Waals surface area contributed by atoms with Crippen molar-refractivity contribution in [2.45, 2.75) is 18.9 Å². The number of likely N-dealkylation sites (tertiary alicyclic amines) is 1. The first-order chi connectivity index (χ1) is 12.1. The van der Waals surface area contributed by atoms with Crippen LogP contribution >= 0.6 is 0 Å². The average molecular weight is 341 g/mol. The summed E-state index contributed by atoms with van der Waals surface area (Å²) in [5.74, 6) is -0.666. The summed E-state index contributed by atoms with van der Waals surface area (Å²) in [5.41, 5.74) is -0.0665. The lowest BCUT2D eigenvalue weighted by molar-refractivity contribution is 0.0695. The predicted octanol–water partition coefficient (Wildman–Crippen LogP) is 1.12. The van der Waals surface area contributed by atoms with Crippen molar-refractivity contribution in [1.29, 1.82) is 0 Å².